The van der Waals surface area contributed by atoms with Gasteiger partial charge in [-0.2, -0.15) is 0 Å². The normalized spacial score (nSPS) is 25.5. The van der Waals surface area contributed by atoms with Gasteiger partial charge in [0.15, 0.2) is 0 Å². The lowest BCUT2D eigenvalue weighted by atomic mass is 9.86. The monoisotopic (exact) mass is 241 g/mol. The van der Waals surface area contributed by atoms with E-state index in [0.29, 0.717) is 12.3 Å². The number of imide groups is 1. The van der Waals surface area contributed by atoms with E-state index >= 15 is 0 Å². The summed E-state index contributed by atoms with van der Waals surface area (Å²) in [5.74, 6) is -0.318. The molecule has 96 valence electrons. The first kappa shape index (κ1) is 13.5. The van der Waals surface area contributed by atoms with Crippen LogP contribution in [0, 0.1) is 5.92 Å². The highest BCUT2D eigenvalue weighted by Gasteiger charge is 2.48. The van der Waals surface area contributed by atoms with Crippen LogP contribution in [-0.4, -0.2) is 29.4 Å². The minimum atomic E-state index is -1.08. The molecule has 0 aromatic rings. The number of nitrogens with one attached hydrogen (secondary N) is 3. The summed E-state index contributed by atoms with van der Waals surface area (Å²) in [5.41, 5.74) is -1.08. The molecule has 0 radical (unpaired) electrons. The Kier molecular flexibility index (Phi) is 3.75. The molecule has 3 N–H and O–H groups in total. The second kappa shape index (κ2) is 4.73. The Balaban J connectivity index is 2.91. The van der Waals surface area contributed by atoms with Crippen LogP contribution in [0.3, 0.4) is 0 Å². The molecule has 0 aromatic carbocycles. The van der Waals surface area contributed by atoms with E-state index in [1.807, 2.05) is 13.8 Å². The number of rotatable bonds is 4. The van der Waals surface area contributed by atoms with E-state index in [2.05, 4.69) is 16.0 Å². The van der Waals surface area contributed by atoms with Crippen LogP contribution >= 0.6 is 0 Å². The van der Waals surface area contributed by atoms with Crippen molar-refractivity contribution in [3.8, 4) is 0 Å². The number of carbonyl (C=O) groups excluding carboxylic acids is 3. The molecule has 0 aliphatic carbocycles. The lowest BCUT2D eigenvalue weighted by Crippen LogP contribution is -2.60. The molecule has 2 atom stereocenters. The second-order valence-corrected chi connectivity index (χ2v) is 4.99. The molecule has 0 bridgehead atoms. The average molecular weight is 241 g/mol. The van der Waals surface area contributed by atoms with Crippen molar-refractivity contribution < 1.29 is 14.4 Å². The molecule has 1 aliphatic heterocycles. The molecule has 0 spiro atoms. The summed E-state index contributed by atoms with van der Waals surface area (Å²) in [7, 11) is 0. The van der Waals surface area contributed by atoms with Gasteiger partial charge in [-0.15, -0.1) is 0 Å². The van der Waals surface area contributed by atoms with Crippen molar-refractivity contribution in [1.82, 2.24) is 16.0 Å². The maximum Gasteiger partial charge on any atom is 0.322 e. The van der Waals surface area contributed by atoms with Gasteiger partial charge in [0.2, 0.25) is 5.91 Å². The third kappa shape index (κ3) is 2.95. The first-order valence-corrected chi connectivity index (χ1v) is 5.66. The van der Waals surface area contributed by atoms with Gasteiger partial charge in [-0.05, 0) is 19.3 Å². The summed E-state index contributed by atoms with van der Waals surface area (Å²) in [6.45, 7) is 7.00. The van der Waals surface area contributed by atoms with Crippen molar-refractivity contribution >= 4 is 17.8 Å². The van der Waals surface area contributed by atoms with Crippen LogP contribution in [0.1, 0.15) is 34.1 Å². The molecule has 0 aromatic heterocycles. The lowest BCUT2D eigenvalue weighted by molar-refractivity contribution is -0.126. The minimum Gasteiger partial charge on any atom is -0.351 e. The van der Waals surface area contributed by atoms with Crippen molar-refractivity contribution in [2.75, 3.05) is 0 Å². The Morgan fingerprint density at radius 2 is 2.00 bits per heavy atom. The van der Waals surface area contributed by atoms with Crippen LogP contribution in [0.25, 0.3) is 0 Å². The van der Waals surface area contributed by atoms with Gasteiger partial charge in [0, 0.05) is 6.92 Å². The van der Waals surface area contributed by atoms with Gasteiger partial charge in [-0.3, -0.25) is 14.9 Å². The van der Waals surface area contributed by atoms with Gasteiger partial charge in [0.05, 0.1) is 6.04 Å². The maximum atomic E-state index is 11.8. The molecule has 4 amide bonds. The first-order valence-electron chi connectivity index (χ1n) is 5.66. The predicted octanol–water partition coefficient (Wildman–Crippen LogP) is 0.135. The summed E-state index contributed by atoms with van der Waals surface area (Å²) in [6.07, 6.45) is 0.615. The zero-order valence-corrected chi connectivity index (χ0v) is 10.6. The van der Waals surface area contributed by atoms with Gasteiger partial charge in [0.1, 0.15) is 5.54 Å². The maximum absolute atomic E-state index is 11.8. The quantitative estimate of drug-likeness (QED) is 0.612. The summed E-state index contributed by atoms with van der Waals surface area (Å²) in [6, 6.07) is -0.928. The summed E-state index contributed by atoms with van der Waals surface area (Å²) >= 11 is 0. The highest BCUT2D eigenvalue weighted by molar-refractivity contribution is 6.07. The van der Waals surface area contributed by atoms with E-state index < -0.39 is 23.5 Å². The zero-order chi connectivity index (χ0) is 13.2. The summed E-state index contributed by atoms with van der Waals surface area (Å²) < 4.78 is 0. The van der Waals surface area contributed by atoms with Crippen molar-refractivity contribution in [1.29, 1.82) is 0 Å². The molecule has 2 unspecified atom stereocenters. The SMILES string of the molecule is CC(=O)NC(CC(C)C)C1(C)NC(=O)NC1=O. The second-order valence-electron chi connectivity index (χ2n) is 4.99. The molecule has 1 aliphatic rings. The third-order valence-corrected chi connectivity index (χ3v) is 2.85. The van der Waals surface area contributed by atoms with Crippen LogP contribution < -0.4 is 16.0 Å². The molecule has 1 rings (SSSR count). The zero-order valence-electron chi connectivity index (χ0n) is 10.6. The van der Waals surface area contributed by atoms with Gasteiger partial charge >= 0.3 is 6.03 Å². The van der Waals surface area contributed by atoms with E-state index in [-0.39, 0.29) is 5.91 Å². The molecule has 0 saturated carbocycles. The van der Waals surface area contributed by atoms with Crippen molar-refractivity contribution in [3.05, 3.63) is 0 Å². The van der Waals surface area contributed by atoms with Crippen molar-refractivity contribution in [3.63, 3.8) is 0 Å². The molecular weight excluding hydrogens is 222 g/mol. The summed E-state index contributed by atoms with van der Waals surface area (Å²) in [4.78, 5) is 34.1. The van der Waals surface area contributed by atoms with Crippen molar-refractivity contribution in [2.45, 2.75) is 45.7 Å². The topological polar surface area (TPSA) is 87.3 Å². The van der Waals surface area contributed by atoms with E-state index in [1.165, 1.54) is 6.92 Å². The molecule has 6 nitrogen and oxygen atoms in total. The Bertz CT molecular complexity index is 354. The van der Waals surface area contributed by atoms with Crippen LogP contribution in [-0.2, 0) is 9.59 Å². The van der Waals surface area contributed by atoms with E-state index in [9.17, 15) is 14.4 Å². The Morgan fingerprint density at radius 1 is 1.41 bits per heavy atom. The third-order valence-electron chi connectivity index (χ3n) is 2.85. The fraction of sp³-hybridized carbons (Fsp3) is 0.727. The number of hydrogen-bond donors (Lipinski definition) is 3. The molecule has 17 heavy (non-hydrogen) atoms. The fourth-order valence-corrected chi connectivity index (χ4v) is 1.96. The molecular formula is C11H19N3O3. The molecule has 1 heterocycles. The predicted molar refractivity (Wildman–Crippen MR) is 62.1 cm³/mol. The fourth-order valence-electron chi connectivity index (χ4n) is 1.96. The smallest absolute Gasteiger partial charge is 0.322 e. The van der Waals surface area contributed by atoms with Crippen molar-refractivity contribution in [2.24, 2.45) is 5.92 Å². The largest absolute Gasteiger partial charge is 0.351 e. The number of urea groups is 1. The first-order chi connectivity index (χ1) is 7.75. The van der Waals surface area contributed by atoms with Gasteiger partial charge < -0.3 is 10.6 Å². The Labute approximate surface area is 101 Å². The lowest BCUT2D eigenvalue weighted by Gasteiger charge is -2.32. The van der Waals surface area contributed by atoms with Gasteiger partial charge in [-0.25, -0.2) is 4.79 Å². The molecule has 6 heteroatoms. The Hall–Kier alpha value is -1.59. The van der Waals surface area contributed by atoms with Crippen LogP contribution in [0.4, 0.5) is 4.79 Å². The minimum absolute atomic E-state index is 0.217. The van der Waals surface area contributed by atoms with Crippen LogP contribution in [0.5, 0.6) is 0 Å². The van der Waals surface area contributed by atoms with Crippen LogP contribution in [0.15, 0.2) is 0 Å². The number of amides is 4. The molecule has 1 saturated heterocycles. The average Bonchev–Trinajstić information content (AvgIpc) is 2.39. The van der Waals surface area contributed by atoms with E-state index in [1.54, 1.807) is 6.92 Å². The highest BCUT2D eigenvalue weighted by Crippen LogP contribution is 2.21. The highest BCUT2D eigenvalue weighted by atomic mass is 16.2. The van der Waals surface area contributed by atoms with E-state index in [0.717, 1.165) is 0 Å². The number of hydrogen-bond acceptors (Lipinski definition) is 3. The summed E-state index contributed by atoms with van der Waals surface area (Å²) in [5, 5.41) is 7.50. The van der Waals surface area contributed by atoms with E-state index in [4.69, 9.17) is 0 Å². The molecule has 1 fully saturated rings. The van der Waals surface area contributed by atoms with Crippen LogP contribution in [0.2, 0.25) is 0 Å². The van der Waals surface area contributed by atoms with Gasteiger partial charge in [0.25, 0.3) is 5.91 Å². The standard InChI is InChI=1S/C11H19N3O3/c1-6(2)5-8(12-7(3)15)11(4)9(16)13-10(17)14-11/h6,8H,5H2,1-4H3,(H,12,15)(H2,13,14,16,17). The van der Waals surface area contributed by atoms with Gasteiger partial charge in [-0.1, -0.05) is 13.8 Å². The Morgan fingerprint density at radius 3 is 2.35 bits per heavy atom. The number of carbonyl (C=O) groups is 3.